The Balaban J connectivity index is 1.54. The van der Waals surface area contributed by atoms with Gasteiger partial charge in [0.05, 0.1) is 16.8 Å². The third-order valence-corrected chi connectivity index (χ3v) is 5.29. The molecule has 4 aromatic rings. The summed E-state index contributed by atoms with van der Waals surface area (Å²) in [5.41, 5.74) is 2.92. The number of ketones is 1. The Kier molecular flexibility index (Phi) is 4.54. The Morgan fingerprint density at radius 2 is 1.93 bits per heavy atom. The molecule has 0 aliphatic heterocycles. The van der Waals surface area contributed by atoms with Crippen molar-refractivity contribution in [1.82, 2.24) is 19.7 Å². The average Bonchev–Trinajstić information content (AvgIpc) is 3.31. The first-order valence-electron chi connectivity index (χ1n) is 8.47. The monoisotopic (exact) mass is 402 g/mol. The minimum absolute atomic E-state index is 0.0811. The van der Waals surface area contributed by atoms with Gasteiger partial charge in [0.2, 0.25) is 0 Å². The zero-order valence-corrected chi connectivity index (χ0v) is 16.2. The topological polar surface area (TPSA) is 76.7 Å². The summed E-state index contributed by atoms with van der Waals surface area (Å²) in [6.07, 6.45) is 0. The molecule has 0 saturated carbocycles. The second-order valence-corrected chi connectivity index (χ2v) is 7.42. The van der Waals surface area contributed by atoms with Crippen LogP contribution in [-0.2, 0) is 0 Å². The van der Waals surface area contributed by atoms with Crippen LogP contribution in [0, 0.1) is 32.4 Å². The number of hydrogen-bond donors (Lipinski definition) is 1. The summed E-state index contributed by atoms with van der Waals surface area (Å²) >= 11 is 1.18. The van der Waals surface area contributed by atoms with Crippen LogP contribution >= 0.6 is 11.8 Å². The van der Waals surface area contributed by atoms with Crippen molar-refractivity contribution in [2.75, 3.05) is 5.75 Å². The summed E-state index contributed by atoms with van der Waals surface area (Å²) < 4.78 is 33.6. The highest BCUT2D eigenvalue weighted by Gasteiger charge is 2.19. The van der Waals surface area contributed by atoms with Crippen LogP contribution in [0.15, 0.2) is 33.9 Å². The van der Waals surface area contributed by atoms with Gasteiger partial charge in [0.25, 0.3) is 0 Å². The van der Waals surface area contributed by atoms with E-state index in [0.29, 0.717) is 33.3 Å². The summed E-state index contributed by atoms with van der Waals surface area (Å²) in [6, 6.07) is 5.69. The second-order valence-electron chi connectivity index (χ2n) is 6.45. The number of aryl methyl sites for hydroxylation is 2. The molecule has 144 valence electrons. The largest absolute Gasteiger partial charge is 0.360 e. The van der Waals surface area contributed by atoms with Crippen LogP contribution in [0.1, 0.15) is 27.5 Å². The van der Waals surface area contributed by atoms with Crippen LogP contribution in [0.3, 0.4) is 0 Å². The van der Waals surface area contributed by atoms with Gasteiger partial charge in [0.15, 0.2) is 28.4 Å². The number of nitrogens with one attached hydrogen (secondary N) is 1. The van der Waals surface area contributed by atoms with Crippen molar-refractivity contribution >= 4 is 28.6 Å². The molecule has 28 heavy (non-hydrogen) atoms. The molecule has 6 nitrogen and oxygen atoms in total. The summed E-state index contributed by atoms with van der Waals surface area (Å²) in [5, 5.41) is 4.43. The molecule has 9 heteroatoms. The first-order valence-corrected chi connectivity index (χ1v) is 9.45. The number of Topliss-reactive ketones (excluding diaryl/α,β-unsaturated/α-hetero) is 1. The fraction of sp³-hybridized carbons (Fsp3) is 0.211. The molecule has 0 aliphatic carbocycles. The van der Waals surface area contributed by atoms with Crippen LogP contribution in [0.25, 0.3) is 16.9 Å². The Morgan fingerprint density at radius 3 is 2.64 bits per heavy atom. The molecule has 0 spiro atoms. The van der Waals surface area contributed by atoms with Crippen molar-refractivity contribution in [3.05, 3.63) is 58.6 Å². The molecule has 0 fully saturated rings. The number of rotatable bonds is 5. The fourth-order valence-electron chi connectivity index (χ4n) is 3.12. The van der Waals surface area contributed by atoms with Gasteiger partial charge in [-0.25, -0.2) is 13.8 Å². The van der Waals surface area contributed by atoms with E-state index >= 15 is 0 Å². The maximum atomic E-state index is 13.3. The Hall–Kier alpha value is -2.94. The molecule has 3 aromatic heterocycles. The summed E-state index contributed by atoms with van der Waals surface area (Å²) in [6.45, 7) is 5.55. The van der Waals surface area contributed by atoms with Crippen LogP contribution in [-0.4, -0.2) is 31.2 Å². The predicted molar refractivity (Wildman–Crippen MR) is 101 cm³/mol. The molecule has 1 aromatic carbocycles. The van der Waals surface area contributed by atoms with Crippen LogP contribution < -0.4 is 0 Å². The maximum absolute atomic E-state index is 13.3. The molecule has 0 saturated heterocycles. The Morgan fingerprint density at radius 1 is 1.18 bits per heavy atom. The van der Waals surface area contributed by atoms with Gasteiger partial charge >= 0.3 is 0 Å². The number of aromatic nitrogens is 4. The van der Waals surface area contributed by atoms with E-state index in [1.54, 1.807) is 13.0 Å². The van der Waals surface area contributed by atoms with E-state index in [1.807, 2.05) is 24.5 Å². The number of benzene rings is 1. The van der Waals surface area contributed by atoms with Crippen molar-refractivity contribution in [3.63, 3.8) is 0 Å². The lowest BCUT2D eigenvalue weighted by Crippen LogP contribution is -2.06. The van der Waals surface area contributed by atoms with Gasteiger partial charge < -0.3 is 9.51 Å². The highest BCUT2D eigenvalue weighted by Crippen LogP contribution is 2.25. The number of nitrogens with zero attached hydrogens (tertiary/aromatic N) is 3. The van der Waals surface area contributed by atoms with E-state index in [1.165, 1.54) is 11.8 Å². The second kappa shape index (κ2) is 6.90. The van der Waals surface area contributed by atoms with Gasteiger partial charge in [0, 0.05) is 35.2 Å². The molecule has 3 heterocycles. The van der Waals surface area contributed by atoms with Crippen LogP contribution in [0.2, 0.25) is 0 Å². The normalized spacial score (nSPS) is 11.5. The van der Waals surface area contributed by atoms with Gasteiger partial charge in [-0.2, -0.15) is 0 Å². The molecule has 4 rings (SSSR count). The van der Waals surface area contributed by atoms with Gasteiger partial charge in [-0.1, -0.05) is 16.9 Å². The molecule has 0 atom stereocenters. The standard InChI is InChI=1S/C19H16F2N4O2S/c1-9-4-12(11(3)25(9)18-5-10(2)27-24-18)17(26)8-28-19-22-15-6-13(20)14(21)7-16(15)23-19/h4-7H,8H2,1-3H3,(H,22,23). The van der Waals surface area contributed by atoms with E-state index in [0.717, 1.165) is 23.5 Å². The number of hydrogen-bond acceptors (Lipinski definition) is 5. The molecule has 0 radical (unpaired) electrons. The average molecular weight is 402 g/mol. The third kappa shape index (κ3) is 3.22. The number of carbonyl (C=O) groups is 1. The van der Waals surface area contributed by atoms with Gasteiger partial charge in [0.1, 0.15) is 5.76 Å². The van der Waals surface area contributed by atoms with Crippen LogP contribution in [0.4, 0.5) is 8.78 Å². The highest BCUT2D eigenvalue weighted by atomic mass is 32.2. The van der Waals surface area contributed by atoms with Crippen molar-refractivity contribution in [3.8, 4) is 5.82 Å². The quantitative estimate of drug-likeness (QED) is 0.392. The lowest BCUT2D eigenvalue weighted by molar-refractivity contribution is 0.102. The molecule has 0 unspecified atom stereocenters. The lowest BCUT2D eigenvalue weighted by Gasteiger charge is -2.04. The van der Waals surface area contributed by atoms with E-state index in [-0.39, 0.29) is 11.5 Å². The smallest absolute Gasteiger partial charge is 0.180 e. The number of imidazole rings is 1. The van der Waals surface area contributed by atoms with Crippen LogP contribution in [0.5, 0.6) is 0 Å². The number of fused-ring (bicyclic) bond motifs is 1. The van der Waals surface area contributed by atoms with E-state index in [9.17, 15) is 13.6 Å². The minimum Gasteiger partial charge on any atom is -0.360 e. The molecular weight excluding hydrogens is 386 g/mol. The first kappa shape index (κ1) is 18.4. The van der Waals surface area contributed by atoms with Gasteiger partial charge in [-0.05, 0) is 26.8 Å². The number of aromatic amines is 1. The zero-order chi connectivity index (χ0) is 20.0. The summed E-state index contributed by atoms with van der Waals surface area (Å²) in [4.78, 5) is 19.8. The number of halogens is 2. The maximum Gasteiger partial charge on any atom is 0.180 e. The fourth-order valence-corrected chi connectivity index (χ4v) is 3.89. The van der Waals surface area contributed by atoms with E-state index in [2.05, 4.69) is 15.1 Å². The van der Waals surface area contributed by atoms with Crippen molar-refractivity contribution < 1.29 is 18.1 Å². The number of H-pyrrole nitrogens is 1. The Bertz CT molecular complexity index is 1170. The van der Waals surface area contributed by atoms with Crippen molar-refractivity contribution in [2.24, 2.45) is 0 Å². The Labute approximate surface area is 162 Å². The molecule has 1 N–H and O–H groups in total. The van der Waals surface area contributed by atoms with E-state index < -0.39 is 11.6 Å². The highest BCUT2D eigenvalue weighted by molar-refractivity contribution is 7.99. The molecule has 0 bridgehead atoms. The third-order valence-electron chi connectivity index (χ3n) is 4.42. The minimum atomic E-state index is -0.956. The predicted octanol–water partition coefficient (Wildman–Crippen LogP) is 4.52. The zero-order valence-electron chi connectivity index (χ0n) is 15.3. The first-order chi connectivity index (χ1) is 13.3. The molecule has 0 aliphatic rings. The van der Waals surface area contributed by atoms with Crippen molar-refractivity contribution in [1.29, 1.82) is 0 Å². The lowest BCUT2D eigenvalue weighted by atomic mass is 10.2. The molecular formula is C19H16F2N4O2S. The molecule has 0 amide bonds. The van der Waals surface area contributed by atoms with Gasteiger partial charge in [-0.3, -0.25) is 9.36 Å². The summed E-state index contributed by atoms with van der Waals surface area (Å²) in [7, 11) is 0. The van der Waals surface area contributed by atoms with Gasteiger partial charge in [-0.15, -0.1) is 0 Å². The number of carbonyl (C=O) groups excluding carboxylic acids is 1. The number of thioether (sulfide) groups is 1. The van der Waals surface area contributed by atoms with E-state index in [4.69, 9.17) is 4.52 Å². The SMILES string of the molecule is Cc1cc(-n2c(C)cc(C(=O)CSc3nc4cc(F)c(F)cc4[nH]3)c2C)no1. The van der Waals surface area contributed by atoms with Crippen molar-refractivity contribution in [2.45, 2.75) is 25.9 Å². The summed E-state index contributed by atoms with van der Waals surface area (Å²) in [5.74, 6) is -0.541.